The molecular weight excluding hydrogens is 370 g/mol. The summed E-state index contributed by atoms with van der Waals surface area (Å²) in [7, 11) is 0. The maximum Gasteiger partial charge on any atom is 0.322 e. The number of benzene rings is 2. The lowest BCUT2D eigenvalue weighted by Crippen LogP contribution is -2.40. The van der Waals surface area contributed by atoms with Gasteiger partial charge in [-0.1, -0.05) is 48.0 Å². The highest BCUT2D eigenvalue weighted by atomic mass is 35.5. The highest BCUT2D eigenvalue weighted by molar-refractivity contribution is 6.31. The molecule has 0 unspecified atom stereocenters. The van der Waals surface area contributed by atoms with Gasteiger partial charge in [-0.15, -0.1) is 0 Å². The molecule has 28 heavy (non-hydrogen) atoms. The van der Waals surface area contributed by atoms with E-state index in [0.717, 1.165) is 17.8 Å². The molecule has 1 heterocycles. The van der Waals surface area contributed by atoms with Crippen LogP contribution in [0.25, 0.3) is 0 Å². The average Bonchev–Trinajstić information content (AvgIpc) is 3.10. The van der Waals surface area contributed by atoms with E-state index in [1.165, 1.54) is 5.56 Å². The second-order valence-corrected chi connectivity index (χ2v) is 7.64. The van der Waals surface area contributed by atoms with Gasteiger partial charge in [-0.3, -0.25) is 0 Å². The molecule has 5 heteroatoms. The molecule has 2 amide bonds. The fourth-order valence-electron chi connectivity index (χ4n) is 3.06. The molecule has 0 radical (unpaired) electrons. The van der Waals surface area contributed by atoms with Crippen molar-refractivity contribution >= 4 is 23.3 Å². The van der Waals surface area contributed by atoms with Crippen LogP contribution in [0.4, 0.5) is 10.5 Å². The lowest BCUT2D eigenvalue weighted by molar-refractivity contribution is 0.192. The largest absolute Gasteiger partial charge is 0.345 e. The maximum atomic E-state index is 12.9. The molecule has 0 saturated carbocycles. The Morgan fingerprint density at radius 2 is 1.86 bits per heavy atom. The Kier molecular flexibility index (Phi) is 6.42. The number of hydrogen-bond acceptors (Lipinski definition) is 1. The maximum absolute atomic E-state index is 12.9. The van der Waals surface area contributed by atoms with Gasteiger partial charge in [0.2, 0.25) is 0 Å². The van der Waals surface area contributed by atoms with Crippen LogP contribution in [0.15, 0.2) is 66.9 Å². The lowest BCUT2D eigenvalue weighted by atomic mass is 10.2. The minimum atomic E-state index is -0.137. The van der Waals surface area contributed by atoms with Gasteiger partial charge in [-0.2, -0.15) is 0 Å². The number of carbonyl (C=O) groups excluding carboxylic acids is 1. The molecule has 0 aliphatic heterocycles. The molecule has 2 aromatic carbocycles. The monoisotopic (exact) mass is 395 g/mol. The van der Waals surface area contributed by atoms with Gasteiger partial charge in [0.15, 0.2) is 0 Å². The van der Waals surface area contributed by atoms with Crippen molar-refractivity contribution in [3.63, 3.8) is 0 Å². The second kappa shape index (κ2) is 8.98. The third-order valence-electron chi connectivity index (χ3n) is 4.76. The summed E-state index contributed by atoms with van der Waals surface area (Å²) in [5.74, 6) is 0. The highest BCUT2D eigenvalue weighted by Gasteiger charge is 2.19. The Morgan fingerprint density at radius 3 is 2.54 bits per heavy atom. The van der Waals surface area contributed by atoms with Gasteiger partial charge < -0.3 is 14.8 Å². The number of rotatable bonds is 6. The Labute approximate surface area is 171 Å². The Balaban J connectivity index is 1.74. The van der Waals surface area contributed by atoms with Crippen molar-refractivity contribution in [2.75, 3.05) is 5.32 Å². The summed E-state index contributed by atoms with van der Waals surface area (Å²) in [4.78, 5) is 14.7. The Morgan fingerprint density at radius 1 is 1.11 bits per heavy atom. The van der Waals surface area contributed by atoms with Crippen LogP contribution in [0, 0.1) is 6.92 Å². The van der Waals surface area contributed by atoms with E-state index in [1.54, 1.807) is 6.07 Å². The first kappa shape index (κ1) is 20.0. The van der Waals surface area contributed by atoms with Crippen molar-refractivity contribution in [3.8, 4) is 0 Å². The van der Waals surface area contributed by atoms with Crippen LogP contribution in [0.3, 0.4) is 0 Å². The quantitative estimate of drug-likeness (QED) is 0.550. The lowest BCUT2D eigenvalue weighted by Gasteiger charge is -2.27. The van der Waals surface area contributed by atoms with Gasteiger partial charge in [-0.05, 0) is 56.2 Å². The van der Waals surface area contributed by atoms with E-state index in [-0.39, 0.29) is 12.1 Å². The number of nitrogens with one attached hydrogen (secondary N) is 1. The molecule has 4 nitrogen and oxygen atoms in total. The Bertz CT molecular complexity index is 934. The number of nitrogens with zero attached hydrogens (tertiary/aromatic N) is 2. The van der Waals surface area contributed by atoms with Crippen LogP contribution in [0.1, 0.15) is 30.7 Å². The fraction of sp³-hybridized carbons (Fsp3) is 0.261. The molecule has 3 rings (SSSR count). The van der Waals surface area contributed by atoms with E-state index in [9.17, 15) is 4.79 Å². The summed E-state index contributed by atoms with van der Waals surface area (Å²) < 4.78 is 2.18. The predicted octanol–water partition coefficient (Wildman–Crippen LogP) is 5.94. The molecule has 0 aliphatic carbocycles. The van der Waals surface area contributed by atoms with Gasteiger partial charge in [0.05, 0.1) is 6.54 Å². The summed E-state index contributed by atoms with van der Waals surface area (Å²) >= 11 is 6.18. The summed E-state index contributed by atoms with van der Waals surface area (Å²) in [5.41, 5.74) is 4.01. The van der Waals surface area contributed by atoms with E-state index < -0.39 is 0 Å². The number of carbonyl (C=O) groups is 1. The summed E-state index contributed by atoms with van der Waals surface area (Å²) in [5, 5.41) is 3.61. The topological polar surface area (TPSA) is 37.3 Å². The van der Waals surface area contributed by atoms with E-state index >= 15 is 0 Å². The molecule has 0 saturated heterocycles. The van der Waals surface area contributed by atoms with E-state index in [1.807, 2.05) is 62.1 Å². The number of amides is 2. The first-order chi connectivity index (χ1) is 13.4. The summed E-state index contributed by atoms with van der Waals surface area (Å²) in [6.45, 7) is 7.29. The number of aryl methyl sites for hydroxylation is 1. The molecule has 0 fully saturated rings. The van der Waals surface area contributed by atoms with Crippen molar-refractivity contribution in [2.45, 2.75) is 39.9 Å². The van der Waals surface area contributed by atoms with Crippen LogP contribution >= 0.6 is 11.6 Å². The first-order valence-corrected chi connectivity index (χ1v) is 9.83. The normalized spacial score (nSPS) is 10.9. The zero-order chi connectivity index (χ0) is 20.1. The number of halogens is 1. The average molecular weight is 396 g/mol. The number of aromatic nitrogens is 1. The van der Waals surface area contributed by atoms with Crippen LogP contribution in [-0.2, 0) is 13.1 Å². The molecule has 0 aliphatic rings. The number of anilines is 1. The minimum absolute atomic E-state index is 0.0565. The van der Waals surface area contributed by atoms with E-state index in [2.05, 4.69) is 34.3 Å². The van der Waals surface area contributed by atoms with Crippen molar-refractivity contribution in [1.82, 2.24) is 9.47 Å². The van der Waals surface area contributed by atoms with E-state index in [0.29, 0.717) is 17.3 Å². The van der Waals surface area contributed by atoms with Gasteiger partial charge in [-0.25, -0.2) is 4.79 Å². The zero-order valence-corrected chi connectivity index (χ0v) is 17.3. The molecule has 146 valence electrons. The van der Waals surface area contributed by atoms with Crippen LogP contribution < -0.4 is 5.32 Å². The number of hydrogen-bond donors (Lipinski definition) is 1. The van der Waals surface area contributed by atoms with Crippen LogP contribution in [0.5, 0.6) is 0 Å². The van der Waals surface area contributed by atoms with Gasteiger partial charge in [0.1, 0.15) is 0 Å². The predicted molar refractivity (Wildman–Crippen MR) is 116 cm³/mol. The smallest absolute Gasteiger partial charge is 0.322 e. The van der Waals surface area contributed by atoms with Gasteiger partial charge in [0, 0.05) is 35.2 Å². The second-order valence-electron chi connectivity index (χ2n) is 7.23. The molecule has 0 atom stereocenters. The van der Waals surface area contributed by atoms with Gasteiger partial charge in [0.25, 0.3) is 0 Å². The molecule has 0 spiro atoms. The third-order valence-corrected chi connectivity index (χ3v) is 5.17. The SMILES string of the molecule is Cc1ccc(NC(=O)N(Cc2cccn2Cc2ccccc2)C(C)C)cc1Cl. The van der Waals surface area contributed by atoms with Crippen molar-refractivity contribution < 1.29 is 4.79 Å². The summed E-state index contributed by atoms with van der Waals surface area (Å²) in [6, 6.07) is 19.9. The van der Waals surface area contributed by atoms with Crippen LogP contribution in [-0.4, -0.2) is 21.5 Å². The molecular formula is C23H26ClN3O. The third kappa shape index (κ3) is 4.96. The standard InChI is InChI=1S/C23H26ClN3O/c1-17(2)27(23(28)25-20-12-11-18(3)22(24)14-20)16-21-10-7-13-26(21)15-19-8-5-4-6-9-19/h4-14,17H,15-16H2,1-3H3,(H,25,28). The molecule has 3 aromatic rings. The molecule has 1 N–H and O–H groups in total. The van der Waals surface area contributed by atoms with Crippen molar-refractivity contribution in [2.24, 2.45) is 0 Å². The van der Waals surface area contributed by atoms with Crippen molar-refractivity contribution in [3.05, 3.63) is 88.7 Å². The van der Waals surface area contributed by atoms with E-state index in [4.69, 9.17) is 11.6 Å². The van der Waals surface area contributed by atoms with Crippen LogP contribution in [0.2, 0.25) is 5.02 Å². The van der Waals surface area contributed by atoms with Gasteiger partial charge >= 0.3 is 6.03 Å². The summed E-state index contributed by atoms with van der Waals surface area (Å²) in [6.07, 6.45) is 2.05. The molecule has 1 aromatic heterocycles. The number of urea groups is 1. The fourth-order valence-corrected chi connectivity index (χ4v) is 3.24. The van der Waals surface area contributed by atoms with Crippen molar-refractivity contribution in [1.29, 1.82) is 0 Å². The Hall–Kier alpha value is -2.72. The minimum Gasteiger partial charge on any atom is -0.345 e. The first-order valence-electron chi connectivity index (χ1n) is 9.46. The zero-order valence-electron chi connectivity index (χ0n) is 16.5. The molecule has 0 bridgehead atoms. The highest BCUT2D eigenvalue weighted by Crippen LogP contribution is 2.21.